The molecule has 2 aromatic carbocycles. The summed E-state index contributed by atoms with van der Waals surface area (Å²) in [6.07, 6.45) is 0. The van der Waals surface area contributed by atoms with E-state index in [0.29, 0.717) is 0 Å². The van der Waals surface area contributed by atoms with Gasteiger partial charge in [0.05, 0.1) is 0 Å². The zero-order valence-electron chi connectivity index (χ0n) is 10.4. The van der Waals surface area contributed by atoms with Crippen LogP contribution in [0.4, 0.5) is 0 Å². The highest BCUT2D eigenvalue weighted by atomic mass is 14.7. The normalized spacial score (nSPS) is 16.2. The Morgan fingerprint density at radius 3 is 1.88 bits per heavy atom. The summed E-state index contributed by atoms with van der Waals surface area (Å²) < 4.78 is 0. The van der Waals surface area contributed by atoms with Crippen LogP contribution in [0.1, 0.15) is 30.9 Å². The van der Waals surface area contributed by atoms with E-state index in [1.54, 1.807) is 0 Å². The number of rotatable bonds is 3. The lowest BCUT2D eigenvalue weighted by Gasteiger charge is -2.32. The average Bonchev–Trinajstić information content (AvgIpc) is 2.40. The van der Waals surface area contributed by atoms with Crippen molar-refractivity contribution in [2.24, 2.45) is 5.73 Å². The second-order valence-corrected chi connectivity index (χ2v) is 4.78. The van der Waals surface area contributed by atoms with Gasteiger partial charge in [0.1, 0.15) is 0 Å². The van der Waals surface area contributed by atoms with Gasteiger partial charge in [0.25, 0.3) is 0 Å². The molecule has 17 heavy (non-hydrogen) atoms. The molecule has 0 aliphatic heterocycles. The minimum absolute atomic E-state index is 0.283. The maximum atomic E-state index is 6.51. The fraction of sp³-hybridized carbons (Fsp3) is 0.250. The summed E-state index contributed by atoms with van der Waals surface area (Å²) >= 11 is 0. The van der Waals surface area contributed by atoms with Crippen LogP contribution in [0, 0.1) is 0 Å². The van der Waals surface area contributed by atoms with E-state index >= 15 is 0 Å². The van der Waals surface area contributed by atoms with E-state index in [4.69, 9.17) is 5.73 Å². The lowest BCUT2D eigenvalue weighted by atomic mass is 9.78. The Balaban J connectivity index is 2.33. The molecule has 2 rings (SSSR count). The van der Waals surface area contributed by atoms with Gasteiger partial charge in [-0.05, 0) is 18.1 Å². The highest BCUT2D eigenvalue weighted by Crippen LogP contribution is 2.33. The molecule has 0 saturated carbocycles. The fourth-order valence-corrected chi connectivity index (χ4v) is 2.14. The Bertz CT molecular complexity index is 459. The van der Waals surface area contributed by atoms with Crippen molar-refractivity contribution in [1.82, 2.24) is 0 Å². The number of nitrogens with two attached hydrogens (primary N) is 1. The van der Waals surface area contributed by atoms with Gasteiger partial charge in [-0.1, -0.05) is 67.6 Å². The van der Waals surface area contributed by atoms with Gasteiger partial charge >= 0.3 is 0 Å². The number of hydrogen-bond donors (Lipinski definition) is 1. The molecule has 0 bridgehead atoms. The minimum atomic E-state index is -0.345. The van der Waals surface area contributed by atoms with Crippen LogP contribution < -0.4 is 5.73 Å². The Morgan fingerprint density at radius 2 is 1.35 bits per heavy atom. The Hall–Kier alpha value is -1.60. The highest BCUT2D eigenvalue weighted by molar-refractivity contribution is 5.31. The first-order valence-corrected chi connectivity index (χ1v) is 6.01. The molecule has 0 saturated heterocycles. The SMILES string of the molecule is CC(c1ccccc1)C(C)(N)c1ccccc1. The fourth-order valence-electron chi connectivity index (χ4n) is 2.14. The molecule has 2 atom stereocenters. The zero-order chi connectivity index (χ0) is 12.3. The van der Waals surface area contributed by atoms with Crippen LogP contribution >= 0.6 is 0 Å². The third-order valence-electron chi connectivity index (χ3n) is 3.59. The molecular formula is C16H19N. The molecule has 0 heterocycles. The lowest BCUT2D eigenvalue weighted by molar-refractivity contribution is 0.411. The van der Waals surface area contributed by atoms with Crippen molar-refractivity contribution in [1.29, 1.82) is 0 Å². The van der Waals surface area contributed by atoms with Crippen molar-refractivity contribution < 1.29 is 0 Å². The number of benzene rings is 2. The van der Waals surface area contributed by atoms with Gasteiger partial charge in [-0.15, -0.1) is 0 Å². The molecule has 0 aliphatic carbocycles. The van der Waals surface area contributed by atoms with Crippen molar-refractivity contribution in [2.75, 3.05) is 0 Å². The molecule has 1 nitrogen and oxygen atoms in total. The largest absolute Gasteiger partial charge is 0.321 e. The lowest BCUT2D eigenvalue weighted by Crippen LogP contribution is -2.38. The van der Waals surface area contributed by atoms with Crippen LogP contribution in [-0.4, -0.2) is 0 Å². The Kier molecular flexibility index (Phi) is 3.30. The summed E-state index contributed by atoms with van der Waals surface area (Å²) in [6.45, 7) is 4.28. The van der Waals surface area contributed by atoms with Crippen LogP contribution in [0.2, 0.25) is 0 Å². The van der Waals surface area contributed by atoms with Gasteiger partial charge in [0.15, 0.2) is 0 Å². The second-order valence-electron chi connectivity index (χ2n) is 4.78. The summed E-state index contributed by atoms with van der Waals surface area (Å²) in [6, 6.07) is 20.7. The Labute approximate surface area is 103 Å². The molecule has 0 aliphatic rings. The number of hydrogen-bond acceptors (Lipinski definition) is 1. The molecule has 1 heteroatoms. The summed E-state index contributed by atoms with van der Waals surface area (Å²) in [5, 5.41) is 0. The third-order valence-corrected chi connectivity index (χ3v) is 3.59. The van der Waals surface area contributed by atoms with Crippen LogP contribution in [0.5, 0.6) is 0 Å². The van der Waals surface area contributed by atoms with Gasteiger partial charge in [-0.3, -0.25) is 0 Å². The second kappa shape index (κ2) is 4.72. The minimum Gasteiger partial charge on any atom is -0.321 e. The smallest absolute Gasteiger partial charge is 0.0447 e. The summed E-state index contributed by atoms with van der Waals surface area (Å²) in [7, 11) is 0. The topological polar surface area (TPSA) is 26.0 Å². The molecule has 0 spiro atoms. The standard InChI is InChI=1S/C16H19N/c1-13(14-9-5-3-6-10-14)16(2,17)15-11-7-4-8-12-15/h3-13H,17H2,1-2H3. The molecule has 2 unspecified atom stereocenters. The predicted molar refractivity (Wildman–Crippen MR) is 72.8 cm³/mol. The van der Waals surface area contributed by atoms with Gasteiger partial charge < -0.3 is 5.73 Å². The Morgan fingerprint density at radius 1 is 0.882 bits per heavy atom. The van der Waals surface area contributed by atoms with Gasteiger partial charge in [0, 0.05) is 11.5 Å². The zero-order valence-corrected chi connectivity index (χ0v) is 10.4. The van der Waals surface area contributed by atoms with E-state index in [1.165, 1.54) is 11.1 Å². The molecule has 2 N–H and O–H groups in total. The summed E-state index contributed by atoms with van der Waals surface area (Å²) in [5.74, 6) is 0.283. The highest BCUT2D eigenvalue weighted by Gasteiger charge is 2.29. The quantitative estimate of drug-likeness (QED) is 0.847. The predicted octanol–water partition coefficient (Wildman–Crippen LogP) is 3.66. The van der Waals surface area contributed by atoms with E-state index in [-0.39, 0.29) is 11.5 Å². The monoisotopic (exact) mass is 225 g/mol. The summed E-state index contributed by atoms with van der Waals surface area (Å²) in [4.78, 5) is 0. The molecule has 0 amide bonds. The average molecular weight is 225 g/mol. The maximum absolute atomic E-state index is 6.51. The molecule has 0 radical (unpaired) electrons. The maximum Gasteiger partial charge on any atom is 0.0447 e. The van der Waals surface area contributed by atoms with Crippen LogP contribution in [0.25, 0.3) is 0 Å². The molecular weight excluding hydrogens is 206 g/mol. The van der Waals surface area contributed by atoms with Crippen molar-refractivity contribution >= 4 is 0 Å². The molecule has 0 aromatic heterocycles. The van der Waals surface area contributed by atoms with Crippen LogP contribution in [0.15, 0.2) is 60.7 Å². The first kappa shape index (κ1) is 11.9. The first-order chi connectivity index (χ1) is 8.12. The van der Waals surface area contributed by atoms with Crippen molar-refractivity contribution in [2.45, 2.75) is 25.3 Å². The van der Waals surface area contributed by atoms with Gasteiger partial charge in [-0.2, -0.15) is 0 Å². The third kappa shape index (κ3) is 2.40. The van der Waals surface area contributed by atoms with E-state index in [9.17, 15) is 0 Å². The van der Waals surface area contributed by atoms with Gasteiger partial charge in [-0.25, -0.2) is 0 Å². The van der Waals surface area contributed by atoms with E-state index in [0.717, 1.165) is 0 Å². The van der Waals surface area contributed by atoms with E-state index in [1.807, 2.05) is 24.3 Å². The van der Waals surface area contributed by atoms with Crippen LogP contribution in [0.3, 0.4) is 0 Å². The first-order valence-electron chi connectivity index (χ1n) is 6.01. The molecule has 0 fully saturated rings. The van der Waals surface area contributed by atoms with E-state index < -0.39 is 0 Å². The van der Waals surface area contributed by atoms with Crippen molar-refractivity contribution in [3.63, 3.8) is 0 Å². The van der Waals surface area contributed by atoms with Crippen molar-refractivity contribution in [3.8, 4) is 0 Å². The molecule has 88 valence electrons. The van der Waals surface area contributed by atoms with E-state index in [2.05, 4.69) is 50.2 Å². The van der Waals surface area contributed by atoms with Gasteiger partial charge in [0.2, 0.25) is 0 Å². The molecule has 2 aromatic rings. The van der Waals surface area contributed by atoms with Crippen molar-refractivity contribution in [3.05, 3.63) is 71.8 Å². The van der Waals surface area contributed by atoms with Crippen LogP contribution in [-0.2, 0) is 5.54 Å². The summed E-state index contributed by atoms with van der Waals surface area (Å²) in [5.41, 5.74) is 8.63.